The molecule has 0 saturated carbocycles. The first-order valence-electron chi connectivity index (χ1n) is 4.34. The highest BCUT2D eigenvalue weighted by molar-refractivity contribution is 6.07. The first-order chi connectivity index (χ1) is 6.63. The van der Waals surface area contributed by atoms with Gasteiger partial charge in [-0.2, -0.15) is 5.26 Å². The van der Waals surface area contributed by atoms with Gasteiger partial charge in [0.25, 0.3) is 5.78 Å². The molecule has 1 rings (SSSR count). The van der Waals surface area contributed by atoms with E-state index in [1.807, 2.05) is 13.8 Å². The lowest BCUT2D eigenvalue weighted by atomic mass is 10.1. The normalized spacial score (nSPS) is 9.57. The van der Waals surface area contributed by atoms with Gasteiger partial charge in [-0.25, -0.2) is 0 Å². The Labute approximate surface area is 82.9 Å². The van der Waals surface area contributed by atoms with E-state index in [1.165, 1.54) is 0 Å². The molecular formula is C11H11NO2. The number of hydrogen-bond donors (Lipinski definition) is 0. The van der Waals surface area contributed by atoms with Crippen molar-refractivity contribution in [2.75, 3.05) is 0 Å². The molecule has 3 heteroatoms. The first-order valence-corrected chi connectivity index (χ1v) is 4.34. The van der Waals surface area contributed by atoms with E-state index >= 15 is 0 Å². The molecule has 0 aliphatic rings. The number of carbonyl (C=O) groups is 1. The molecule has 0 bridgehead atoms. The molecule has 0 spiro atoms. The summed E-state index contributed by atoms with van der Waals surface area (Å²) in [7, 11) is 0. The third-order valence-electron chi connectivity index (χ3n) is 1.59. The van der Waals surface area contributed by atoms with Gasteiger partial charge in [-0.05, 0) is 38.1 Å². The molecule has 0 atom stereocenters. The quantitative estimate of drug-likeness (QED) is 0.541. The number of nitriles is 1. The van der Waals surface area contributed by atoms with Crippen LogP contribution in [-0.2, 0) is 0 Å². The fourth-order valence-electron chi connectivity index (χ4n) is 1.02. The summed E-state index contributed by atoms with van der Waals surface area (Å²) in [5, 5.41) is 8.37. The van der Waals surface area contributed by atoms with Crippen molar-refractivity contribution in [3.8, 4) is 11.8 Å². The second kappa shape index (κ2) is 4.43. The van der Waals surface area contributed by atoms with E-state index in [1.54, 1.807) is 30.3 Å². The summed E-state index contributed by atoms with van der Waals surface area (Å²) in [5.74, 6) is 0.176. The molecule has 14 heavy (non-hydrogen) atoms. The third-order valence-corrected chi connectivity index (χ3v) is 1.59. The van der Waals surface area contributed by atoms with Crippen LogP contribution in [0.5, 0.6) is 5.75 Å². The van der Waals surface area contributed by atoms with Crippen molar-refractivity contribution in [1.82, 2.24) is 0 Å². The van der Waals surface area contributed by atoms with Gasteiger partial charge in [-0.3, -0.25) is 4.79 Å². The SMILES string of the molecule is CC(C)Oc1ccc(C(=O)C#N)cc1. The number of hydrogen-bond acceptors (Lipinski definition) is 3. The third kappa shape index (κ3) is 2.60. The van der Waals surface area contributed by atoms with Crippen LogP contribution in [0.2, 0.25) is 0 Å². The smallest absolute Gasteiger partial charge is 0.262 e. The van der Waals surface area contributed by atoms with Crippen LogP contribution in [-0.4, -0.2) is 11.9 Å². The Morgan fingerprint density at radius 1 is 1.36 bits per heavy atom. The van der Waals surface area contributed by atoms with Crippen molar-refractivity contribution in [2.45, 2.75) is 20.0 Å². The van der Waals surface area contributed by atoms with Crippen LogP contribution in [0.25, 0.3) is 0 Å². The van der Waals surface area contributed by atoms with E-state index in [9.17, 15) is 4.79 Å². The molecule has 0 heterocycles. The topological polar surface area (TPSA) is 50.1 Å². The van der Waals surface area contributed by atoms with E-state index in [2.05, 4.69) is 0 Å². The maximum atomic E-state index is 10.9. The summed E-state index contributed by atoms with van der Waals surface area (Å²) in [5.41, 5.74) is 0.392. The van der Waals surface area contributed by atoms with Gasteiger partial charge in [0.1, 0.15) is 11.8 Å². The van der Waals surface area contributed by atoms with Gasteiger partial charge < -0.3 is 4.74 Å². The minimum atomic E-state index is -0.527. The highest BCUT2D eigenvalue weighted by Gasteiger charge is 2.04. The highest BCUT2D eigenvalue weighted by atomic mass is 16.5. The van der Waals surface area contributed by atoms with E-state index < -0.39 is 5.78 Å². The predicted octanol–water partition coefficient (Wildman–Crippen LogP) is 2.18. The van der Waals surface area contributed by atoms with Crippen LogP contribution in [0.4, 0.5) is 0 Å². The van der Waals surface area contributed by atoms with Crippen molar-refractivity contribution in [3.63, 3.8) is 0 Å². The summed E-state index contributed by atoms with van der Waals surface area (Å²) in [6.45, 7) is 3.85. The Hall–Kier alpha value is -1.82. The predicted molar refractivity (Wildman–Crippen MR) is 52.1 cm³/mol. The van der Waals surface area contributed by atoms with Gasteiger partial charge in [0.05, 0.1) is 6.10 Å². The zero-order valence-electron chi connectivity index (χ0n) is 8.15. The minimum absolute atomic E-state index is 0.104. The van der Waals surface area contributed by atoms with Crippen LogP contribution in [0.3, 0.4) is 0 Å². The molecule has 0 amide bonds. The fourth-order valence-corrected chi connectivity index (χ4v) is 1.02. The second-order valence-corrected chi connectivity index (χ2v) is 3.13. The molecule has 1 aromatic rings. The Kier molecular flexibility index (Phi) is 3.24. The van der Waals surface area contributed by atoms with Crippen LogP contribution in [0.15, 0.2) is 24.3 Å². The summed E-state index contributed by atoms with van der Waals surface area (Å²) in [6, 6.07) is 8.11. The molecule has 0 unspecified atom stereocenters. The van der Waals surface area contributed by atoms with Crippen LogP contribution < -0.4 is 4.74 Å². The van der Waals surface area contributed by atoms with Crippen molar-refractivity contribution in [3.05, 3.63) is 29.8 Å². The summed E-state index contributed by atoms with van der Waals surface area (Å²) in [6.07, 6.45) is 0.104. The second-order valence-electron chi connectivity index (χ2n) is 3.13. The van der Waals surface area contributed by atoms with Crippen molar-refractivity contribution in [2.24, 2.45) is 0 Å². The Bertz CT molecular complexity index is 360. The van der Waals surface area contributed by atoms with Gasteiger partial charge >= 0.3 is 0 Å². The van der Waals surface area contributed by atoms with E-state index in [0.29, 0.717) is 11.3 Å². The lowest BCUT2D eigenvalue weighted by molar-refractivity contribution is 0.105. The average Bonchev–Trinajstić information content (AvgIpc) is 2.17. The standard InChI is InChI=1S/C11H11NO2/c1-8(2)14-10-5-3-9(4-6-10)11(13)7-12/h3-6,8H,1-2H3. The average molecular weight is 189 g/mol. The zero-order valence-corrected chi connectivity index (χ0v) is 8.15. The summed E-state index contributed by atoms with van der Waals surface area (Å²) >= 11 is 0. The maximum Gasteiger partial charge on any atom is 0.262 e. The lowest BCUT2D eigenvalue weighted by Crippen LogP contribution is -2.05. The Balaban J connectivity index is 2.80. The molecule has 0 aromatic heterocycles. The number of benzene rings is 1. The number of Topliss-reactive ketones (excluding diaryl/α,β-unsaturated/α-hetero) is 1. The summed E-state index contributed by atoms with van der Waals surface area (Å²) < 4.78 is 5.39. The van der Waals surface area contributed by atoms with Crippen molar-refractivity contribution >= 4 is 5.78 Å². The number of ether oxygens (including phenoxy) is 1. The van der Waals surface area contributed by atoms with Gasteiger partial charge in [-0.1, -0.05) is 0 Å². The fraction of sp³-hybridized carbons (Fsp3) is 0.273. The molecule has 3 nitrogen and oxygen atoms in total. The van der Waals surface area contributed by atoms with Gasteiger partial charge in [0.15, 0.2) is 0 Å². The lowest BCUT2D eigenvalue weighted by Gasteiger charge is -2.08. The van der Waals surface area contributed by atoms with E-state index in [-0.39, 0.29) is 6.10 Å². The molecular weight excluding hydrogens is 178 g/mol. The molecule has 0 aliphatic heterocycles. The highest BCUT2D eigenvalue weighted by Crippen LogP contribution is 2.13. The number of ketones is 1. The van der Waals surface area contributed by atoms with Crippen LogP contribution in [0, 0.1) is 11.3 Å². The van der Waals surface area contributed by atoms with Gasteiger partial charge in [0.2, 0.25) is 0 Å². The van der Waals surface area contributed by atoms with E-state index in [4.69, 9.17) is 10.00 Å². The van der Waals surface area contributed by atoms with Crippen molar-refractivity contribution in [1.29, 1.82) is 5.26 Å². The molecule has 0 aliphatic carbocycles. The maximum absolute atomic E-state index is 10.9. The number of nitrogens with zero attached hydrogens (tertiary/aromatic N) is 1. The Morgan fingerprint density at radius 2 is 1.93 bits per heavy atom. The monoisotopic (exact) mass is 189 g/mol. The van der Waals surface area contributed by atoms with Gasteiger partial charge in [0, 0.05) is 5.56 Å². The molecule has 0 N–H and O–H groups in total. The van der Waals surface area contributed by atoms with Crippen molar-refractivity contribution < 1.29 is 9.53 Å². The number of rotatable bonds is 3. The molecule has 1 aromatic carbocycles. The van der Waals surface area contributed by atoms with Crippen LogP contribution in [0.1, 0.15) is 24.2 Å². The minimum Gasteiger partial charge on any atom is -0.491 e. The largest absolute Gasteiger partial charge is 0.491 e. The molecule has 0 saturated heterocycles. The van der Waals surface area contributed by atoms with Gasteiger partial charge in [-0.15, -0.1) is 0 Å². The summed E-state index contributed by atoms with van der Waals surface area (Å²) in [4.78, 5) is 10.9. The molecule has 0 fully saturated rings. The zero-order chi connectivity index (χ0) is 10.6. The Morgan fingerprint density at radius 3 is 2.36 bits per heavy atom. The number of carbonyl (C=O) groups excluding carboxylic acids is 1. The van der Waals surface area contributed by atoms with Crippen LogP contribution >= 0.6 is 0 Å². The molecule has 72 valence electrons. The first kappa shape index (κ1) is 10.3. The molecule has 0 radical (unpaired) electrons. The van der Waals surface area contributed by atoms with E-state index in [0.717, 1.165) is 0 Å².